The Morgan fingerprint density at radius 1 is 0.440 bits per heavy atom. The van der Waals surface area contributed by atoms with E-state index in [-0.39, 0.29) is 197 Å². The minimum atomic E-state index is -0.737. The van der Waals surface area contributed by atoms with Gasteiger partial charge in [0.1, 0.15) is 28.9 Å². The predicted octanol–water partition coefficient (Wildman–Crippen LogP) is 3.98. The first-order valence-corrected chi connectivity index (χ1v) is 25.6. The number of carbonyl (C=O) groups is 13. The summed E-state index contributed by atoms with van der Waals surface area (Å²) in [7, 11) is 1.32. The highest BCUT2D eigenvalue weighted by atomic mass is 16.6. The van der Waals surface area contributed by atoms with E-state index in [1.54, 1.807) is 6.08 Å². The van der Waals surface area contributed by atoms with Crippen LogP contribution in [0.15, 0.2) is 12.7 Å². The Kier molecular flexibility index (Phi) is 37.4. The molecule has 3 atom stereocenters. The molecule has 0 aromatic rings. The Bertz CT molecular complexity index is 1870. The molecule has 1 N–H and O–H groups in total. The number of aliphatic hydroxyl groups is 1. The lowest BCUT2D eigenvalue weighted by Gasteiger charge is -2.16. The van der Waals surface area contributed by atoms with E-state index in [1.165, 1.54) is 7.11 Å². The van der Waals surface area contributed by atoms with Crippen molar-refractivity contribution in [2.75, 3.05) is 66.6 Å². The number of rotatable bonds is 48. The van der Waals surface area contributed by atoms with Crippen LogP contribution in [0.25, 0.3) is 0 Å². The Labute approximate surface area is 437 Å². The second-order valence-electron chi connectivity index (χ2n) is 17.5. The molecule has 1 fully saturated rings. The molecule has 422 valence electrons. The number of hydrogen-bond acceptors (Lipinski definition) is 23. The molecule has 0 bridgehead atoms. The van der Waals surface area contributed by atoms with Crippen LogP contribution in [0.4, 0.5) is 0 Å². The standard InChI is InChI=1S/C52H76O23/c1-3-8-37(51(65)67-2)9-6-30-74-52(66)38(35-44-36-75-44)10-7-29-69-45(59)11-4-5-28-68-46(60)18-13-40(55)23-32-71-48(62)20-15-42(57)25-34-73-50(64)21-16-43(58)26-33-72-49(63)19-14-41(56)24-31-70-47(61)17-12-39(54)22-27-53/h3,37-38,44,53H,1,4-36H2,2H3. The van der Waals surface area contributed by atoms with Gasteiger partial charge in [0.15, 0.2) is 0 Å². The van der Waals surface area contributed by atoms with Crippen LogP contribution < -0.4 is 0 Å². The van der Waals surface area contributed by atoms with Crippen molar-refractivity contribution in [2.45, 2.75) is 160 Å². The Hall–Kier alpha value is -6.23. The van der Waals surface area contributed by atoms with Crippen LogP contribution in [0.2, 0.25) is 0 Å². The molecule has 23 heteroatoms. The van der Waals surface area contributed by atoms with Gasteiger partial charge in [-0.1, -0.05) is 6.08 Å². The highest BCUT2D eigenvalue weighted by molar-refractivity contribution is 5.86. The van der Waals surface area contributed by atoms with Gasteiger partial charge in [0, 0.05) is 77.2 Å². The molecule has 1 saturated heterocycles. The summed E-state index contributed by atoms with van der Waals surface area (Å²) in [6.07, 6.45) is 2.72. The number of esters is 8. The maximum absolute atomic E-state index is 12.7. The van der Waals surface area contributed by atoms with Crippen molar-refractivity contribution in [3.05, 3.63) is 12.7 Å². The monoisotopic (exact) mass is 1070 g/mol. The molecular weight excluding hydrogens is 993 g/mol. The fourth-order valence-corrected chi connectivity index (χ4v) is 6.75. The number of epoxide rings is 1. The number of methoxy groups -OCH3 is 1. The van der Waals surface area contributed by atoms with Crippen molar-refractivity contribution in [1.82, 2.24) is 0 Å². The van der Waals surface area contributed by atoms with E-state index < -0.39 is 53.3 Å². The van der Waals surface area contributed by atoms with Gasteiger partial charge < -0.3 is 47.7 Å². The quantitative estimate of drug-likeness (QED) is 0.0296. The van der Waals surface area contributed by atoms with E-state index in [1.807, 2.05) is 0 Å². The molecule has 23 nitrogen and oxygen atoms in total. The second kappa shape index (κ2) is 42.0. The van der Waals surface area contributed by atoms with Gasteiger partial charge >= 0.3 is 47.8 Å². The topological polar surface area (TPSA) is 329 Å². The molecule has 1 heterocycles. The SMILES string of the molecule is C=CCC(CCCOC(=O)C(CCCOC(=O)CCCCOC(=O)CCC(=O)CCOC(=O)CCC(=O)CCOC(=O)CCC(=O)CCOC(=O)CCC(=O)CCOC(=O)CCC(=O)CCO)CC1CO1)C(=O)OC. The molecule has 0 radical (unpaired) electrons. The summed E-state index contributed by atoms with van der Waals surface area (Å²) in [5, 5.41) is 8.69. The number of carbonyl (C=O) groups excluding carboxylic acids is 13. The number of aliphatic hydroxyl groups excluding tert-OH is 1. The van der Waals surface area contributed by atoms with Crippen molar-refractivity contribution >= 4 is 76.7 Å². The van der Waals surface area contributed by atoms with Crippen LogP contribution >= 0.6 is 0 Å². The van der Waals surface area contributed by atoms with Crippen molar-refractivity contribution in [3.63, 3.8) is 0 Å². The molecule has 0 amide bonds. The van der Waals surface area contributed by atoms with Crippen molar-refractivity contribution in [2.24, 2.45) is 11.8 Å². The van der Waals surface area contributed by atoms with E-state index >= 15 is 0 Å². The highest BCUT2D eigenvalue weighted by Gasteiger charge is 2.31. The molecule has 3 unspecified atom stereocenters. The zero-order valence-electron chi connectivity index (χ0n) is 43.3. The predicted molar refractivity (Wildman–Crippen MR) is 259 cm³/mol. The third-order valence-electron chi connectivity index (χ3n) is 11.2. The molecule has 0 aromatic carbocycles. The maximum Gasteiger partial charge on any atom is 0.309 e. The highest BCUT2D eigenvalue weighted by Crippen LogP contribution is 2.25. The molecular formula is C52H76O23. The summed E-state index contributed by atoms with van der Waals surface area (Å²) in [5.41, 5.74) is 0. The van der Waals surface area contributed by atoms with Crippen LogP contribution in [0.5, 0.6) is 0 Å². The summed E-state index contributed by atoms with van der Waals surface area (Å²) in [6.45, 7) is 3.24. The van der Waals surface area contributed by atoms with Gasteiger partial charge in [0.25, 0.3) is 0 Å². The molecule has 75 heavy (non-hydrogen) atoms. The fourth-order valence-electron chi connectivity index (χ4n) is 6.75. The van der Waals surface area contributed by atoms with Gasteiger partial charge in [-0.3, -0.25) is 62.3 Å². The normalized spacial score (nSPS) is 13.2. The molecule has 0 aliphatic carbocycles. The fraction of sp³-hybridized carbons (Fsp3) is 0.712. The summed E-state index contributed by atoms with van der Waals surface area (Å²) in [4.78, 5) is 156. The average molecular weight is 1070 g/mol. The smallest absolute Gasteiger partial charge is 0.309 e. The van der Waals surface area contributed by atoms with Crippen LogP contribution in [-0.2, 0) is 105 Å². The number of ketones is 5. The first-order valence-electron chi connectivity index (χ1n) is 25.6. The van der Waals surface area contributed by atoms with E-state index in [0.29, 0.717) is 58.0 Å². The van der Waals surface area contributed by atoms with Gasteiger partial charge in [-0.2, -0.15) is 0 Å². The van der Waals surface area contributed by atoms with Crippen molar-refractivity contribution in [3.8, 4) is 0 Å². The van der Waals surface area contributed by atoms with E-state index in [9.17, 15) is 62.3 Å². The number of ether oxygens (including phenoxy) is 9. The average Bonchev–Trinajstić information content (AvgIpc) is 4.21. The molecule has 1 aliphatic heterocycles. The number of unbranched alkanes of at least 4 members (excludes halogenated alkanes) is 1. The lowest BCUT2D eigenvalue weighted by atomic mass is 9.98. The van der Waals surface area contributed by atoms with E-state index in [4.69, 9.17) is 47.7 Å². The number of hydrogen-bond donors (Lipinski definition) is 1. The van der Waals surface area contributed by atoms with Crippen LogP contribution in [0.3, 0.4) is 0 Å². The maximum atomic E-state index is 12.7. The lowest BCUT2D eigenvalue weighted by Crippen LogP contribution is -2.22. The lowest BCUT2D eigenvalue weighted by molar-refractivity contribution is -0.150. The Morgan fingerprint density at radius 3 is 1.16 bits per heavy atom. The van der Waals surface area contributed by atoms with Crippen LogP contribution in [0, 0.1) is 11.8 Å². The van der Waals surface area contributed by atoms with Gasteiger partial charge in [-0.05, 0) is 51.4 Å². The Balaban J connectivity index is 2.05. The summed E-state index contributed by atoms with van der Waals surface area (Å²) in [6, 6.07) is 0. The minimum absolute atomic E-state index is 0.00209. The number of Topliss-reactive ketones (excluding diaryl/α,β-unsaturated/α-hetero) is 5. The second-order valence-corrected chi connectivity index (χ2v) is 17.5. The first kappa shape index (κ1) is 66.8. The van der Waals surface area contributed by atoms with Gasteiger partial charge in [-0.25, -0.2) is 0 Å². The summed E-state index contributed by atoms with van der Waals surface area (Å²) < 4.78 is 45.7. The largest absolute Gasteiger partial charge is 0.469 e. The van der Waals surface area contributed by atoms with Gasteiger partial charge in [0.2, 0.25) is 0 Å². The third kappa shape index (κ3) is 38.1. The zero-order chi connectivity index (χ0) is 55.6. The summed E-state index contributed by atoms with van der Waals surface area (Å²) in [5.74, 6) is -7.11. The van der Waals surface area contributed by atoms with Crippen molar-refractivity contribution < 1.29 is 110 Å². The zero-order valence-corrected chi connectivity index (χ0v) is 43.3. The molecule has 1 aliphatic rings. The van der Waals surface area contributed by atoms with Crippen LogP contribution in [-0.4, -0.2) is 154 Å². The van der Waals surface area contributed by atoms with E-state index in [2.05, 4.69) is 6.58 Å². The molecule has 0 saturated carbocycles. The molecule has 0 aromatic heterocycles. The third-order valence-corrected chi connectivity index (χ3v) is 11.2. The van der Waals surface area contributed by atoms with Gasteiger partial charge in [-0.15, -0.1) is 6.58 Å². The number of allylic oxidation sites excluding steroid dienone is 1. The molecule has 1 rings (SSSR count). The minimum Gasteiger partial charge on any atom is -0.469 e. The Morgan fingerprint density at radius 2 is 0.787 bits per heavy atom. The first-order chi connectivity index (χ1) is 35.9. The summed E-state index contributed by atoms with van der Waals surface area (Å²) >= 11 is 0. The van der Waals surface area contributed by atoms with E-state index in [0.717, 1.165) is 0 Å². The van der Waals surface area contributed by atoms with Gasteiger partial charge in [0.05, 0.1) is 110 Å². The van der Waals surface area contributed by atoms with Crippen LogP contribution in [0.1, 0.15) is 154 Å². The van der Waals surface area contributed by atoms with Crippen molar-refractivity contribution in [1.29, 1.82) is 0 Å². The molecule has 0 spiro atoms.